The fourth-order valence-electron chi connectivity index (χ4n) is 13.9. The highest BCUT2D eigenvalue weighted by Gasteiger charge is 2.49. The van der Waals surface area contributed by atoms with Gasteiger partial charge in [0.25, 0.3) is 0 Å². The van der Waals surface area contributed by atoms with Gasteiger partial charge in [0.05, 0.1) is 16.9 Å². The van der Waals surface area contributed by atoms with E-state index in [1.165, 1.54) is 98.9 Å². The molecule has 2 heteroatoms. The Labute approximate surface area is 491 Å². The van der Waals surface area contributed by atoms with Crippen molar-refractivity contribution in [2.45, 2.75) is 77.2 Å². The second-order valence-corrected chi connectivity index (χ2v) is 24.5. The molecule has 0 aliphatic carbocycles. The minimum atomic E-state index is -0.770. The highest BCUT2D eigenvalue weighted by Crippen LogP contribution is 2.57. The third-order valence-corrected chi connectivity index (χ3v) is 18.5. The lowest BCUT2D eigenvalue weighted by Crippen LogP contribution is -2.44. The molecule has 1 heterocycles. The average molecular weight is 1070 g/mol. The van der Waals surface area contributed by atoms with Gasteiger partial charge in [-0.05, 0) is 166 Å². The van der Waals surface area contributed by atoms with Crippen molar-refractivity contribution < 1.29 is 0 Å². The van der Waals surface area contributed by atoms with Crippen LogP contribution in [-0.2, 0) is 16.2 Å². The molecular weight excluding hydrogens is 1000 g/mol. The van der Waals surface area contributed by atoms with Crippen molar-refractivity contribution in [3.05, 3.63) is 335 Å². The summed E-state index contributed by atoms with van der Waals surface area (Å²) in [5, 5.41) is 13.8. The molecule has 0 spiro atoms. The van der Waals surface area contributed by atoms with Crippen molar-refractivity contribution in [2.75, 3.05) is 10.2 Å². The van der Waals surface area contributed by atoms with Crippen molar-refractivity contribution in [3.63, 3.8) is 0 Å². The van der Waals surface area contributed by atoms with Crippen LogP contribution in [0.5, 0.6) is 0 Å². The van der Waals surface area contributed by atoms with Gasteiger partial charge in [0.1, 0.15) is 0 Å². The van der Waals surface area contributed by atoms with Crippen molar-refractivity contribution in [1.29, 1.82) is 0 Å². The first kappa shape index (κ1) is 53.1. The van der Waals surface area contributed by atoms with Crippen molar-refractivity contribution in [2.24, 2.45) is 5.41 Å². The lowest BCUT2D eigenvalue weighted by Gasteiger charge is -2.49. The number of fused-ring (bicyclic) bond motifs is 5. The van der Waals surface area contributed by atoms with Crippen molar-refractivity contribution >= 4 is 65.8 Å². The molecule has 0 saturated heterocycles. The molecule has 0 aromatic heterocycles. The van der Waals surface area contributed by atoms with Crippen LogP contribution in [0.2, 0.25) is 0 Å². The maximum Gasteiger partial charge on any atom is 0.0724 e. The van der Waals surface area contributed by atoms with Gasteiger partial charge in [0.2, 0.25) is 0 Å². The number of hydrogen-bond acceptors (Lipinski definition) is 2. The summed E-state index contributed by atoms with van der Waals surface area (Å²) < 4.78 is 0. The summed E-state index contributed by atoms with van der Waals surface area (Å²) >= 11 is 0. The molecule has 1 N–H and O–H groups in total. The van der Waals surface area contributed by atoms with Crippen LogP contribution in [0.1, 0.15) is 105 Å². The zero-order chi connectivity index (χ0) is 56.9. The zero-order valence-electron chi connectivity index (χ0n) is 48.9. The Kier molecular flexibility index (Phi) is 13.6. The number of nitrogens with zero attached hydrogens (tertiary/aromatic N) is 1. The molecule has 12 aromatic carbocycles. The summed E-state index contributed by atoms with van der Waals surface area (Å²) in [5.74, 6) is 0. The molecule has 12 aromatic rings. The summed E-state index contributed by atoms with van der Waals surface area (Å²) in [5.41, 5.74) is 14.3. The largest absolute Gasteiger partial charge is 0.374 e. The van der Waals surface area contributed by atoms with Gasteiger partial charge in [-0.25, -0.2) is 0 Å². The third kappa shape index (κ3) is 9.04. The summed E-state index contributed by atoms with van der Waals surface area (Å²) in [7, 11) is 0. The summed E-state index contributed by atoms with van der Waals surface area (Å²) in [6.45, 7) is 16.4. The molecule has 13 rings (SSSR count). The first-order valence-corrected chi connectivity index (χ1v) is 29.7. The summed E-state index contributed by atoms with van der Waals surface area (Å²) in [6.07, 6.45) is 8.06. The van der Waals surface area contributed by atoms with Crippen LogP contribution in [0.25, 0.3) is 43.1 Å². The van der Waals surface area contributed by atoms with Gasteiger partial charge in [-0.1, -0.05) is 272 Å². The molecular formula is C81H72N2. The highest BCUT2D eigenvalue weighted by atomic mass is 15.1. The molecule has 1 aliphatic rings. The van der Waals surface area contributed by atoms with E-state index in [9.17, 15) is 0 Å². The molecule has 83 heavy (non-hydrogen) atoms. The first-order chi connectivity index (χ1) is 40.4. The monoisotopic (exact) mass is 1070 g/mol. The molecule has 0 saturated carbocycles. The van der Waals surface area contributed by atoms with E-state index in [0.717, 1.165) is 23.5 Å². The Morgan fingerprint density at radius 3 is 1.48 bits per heavy atom. The van der Waals surface area contributed by atoms with Crippen molar-refractivity contribution in [1.82, 2.24) is 0 Å². The smallest absolute Gasteiger partial charge is 0.0724 e. The first-order valence-electron chi connectivity index (χ1n) is 29.7. The topological polar surface area (TPSA) is 15.3 Å². The third-order valence-electron chi connectivity index (χ3n) is 18.5. The molecule has 3 unspecified atom stereocenters. The van der Waals surface area contributed by atoms with Crippen LogP contribution in [-0.4, -0.2) is 0 Å². The maximum absolute atomic E-state index is 3.89. The number of benzene rings is 12. The van der Waals surface area contributed by atoms with Crippen LogP contribution >= 0.6 is 0 Å². The second kappa shape index (κ2) is 21.3. The normalized spacial score (nSPS) is 15.2. The lowest BCUT2D eigenvalue weighted by atomic mass is 9.53. The van der Waals surface area contributed by atoms with Gasteiger partial charge in [-0.2, -0.15) is 0 Å². The Morgan fingerprint density at radius 1 is 0.422 bits per heavy atom. The van der Waals surface area contributed by atoms with Crippen LogP contribution in [0, 0.1) is 5.41 Å². The number of allylic oxidation sites excluding steroid dienone is 3. The number of anilines is 4. The SMILES string of the molecule is C/C=C\C(=C/C1Nc2ccc(C(C)(C)C)cc21)C(c1ccc(N(c2ccccc2)c2ccc(C(c3ccc4ccccc4c3)(c3cccc4ccccc34)C(C)(C)CC)cc2)cc1)(c1ccc2ccccc2c1)c1cccc2ccccc12. The molecule has 0 amide bonds. The Bertz CT molecular complexity index is 4410. The zero-order valence-corrected chi connectivity index (χ0v) is 48.9. The van der Waals surface area contributed by atoms with Crippen molar-refractivity contribution in [3.8, 4) is 0 Å². The van der Waals surface area contributed by atoms with Gasteiger partial charge >= 0.3 is 0 Å². The predicted octanol–water partition coefficient (Wildman–Crippen LogP) is 21.8. The summed E-state index contributed by atoms with van der Waals surface area (Å²) in [4.78, 5) is 2.43. The Balaban J connectivity index is 1.02. The number of nitrogens with one attached hydrogen (secondary N) is 1. The maximum atomic E-state index is 3.89. The molecule has 406 valence electrons. The lowest BCUT2D eigenvalue weighted by molar-refractivity contribution is 0.232. The predicted molar refractivity (Wildman–Crippen MR) is 355 cm³/mol. The quantitative estimate of drug-likeness (QED) is 0.0862. The van der Waals surface area contributed by atoms with E-state index in [4.69, 9.17) is 0 Å². The second-order valence-electron chi connectivity index (χ2n) is 24.5. The molecule has 2 nitrogen and oxygen atoms in total. The van der Waals surface area contributed by atoms with E-state index in [0.29, 0.717) is 0 Å². The summed E-state index contributed by atoms with van der Waals surface area (Å²) in [6, 6.07) is 100. The van der Waals surface area contributed by atoms with E-state index in [-0.39, 0.29) is 16.9 Å². The molecule has 0 radical (unpaired) electrons. The number of para-hydroxylation sites is 1. The molecule has 1 aliphatic heterocycles. The average Bonchev–Trinajstić information content (AvgIpc) is 1.18. The van der Waals surface area contributed by atoms with Crippen LogP contribution in [0.4, 0.5) is 22.7 Å². The minimum absolute atomic E-state index is 0.00705. The van der Waals surface area contributed by atoms with Gasteiger partial charge in [-0.15, -0.1) is 0 Å². The van der Waals surface area contributed by atoms with E-state index in [2.05, 4.69) is 344 Å². The van der Waals surface area contributed by atoms with Crippen LogP contribution < -0.4 is 10.2 Å². The minimum Gasteiger partial charge on any atom is -0.374 e. The van der Waals surface area contributed by atoms with Gasteiger partial charge < -0.3 is 10.2 Å². The van der Waals surface area contributed by atoms with Gasteiger partial charge in [0, 0.05) is 28.3 Å². The van der Waals surface area contributed by atoms with Gasteiger partial charge in [0.15, 0.2) is 0 Å². The Hall–Kier alpha value is -9.24. The molecule has 3 atom stereocenters. The Morgan fingerprint density at radius 2 is 0.892 bits per heavy atom. The number of rotatable bonds is 14. The van der Waals surface area contributed by atoms with Crippen LogP contribution in [0.15, 0.2) is 291 Å². The van der Waals surface area contributed by atoms with E-state index in [1.54, 1.807) is 0 Å². The standard InChI is InChI=1S/C81H72N2/c1-8-23-65(55-77-73-54-64(78(3,4)5)46-51-76(73)82-77)80(66-40-38-56-24-13-15-28-60(56)52-66,74-36-21-30-58-26-17-19-34-71(58)74)62-42-47-69(48-43-62)83(68-32-11-10-12-33-68)70-49-44-63(45-50-70)81(79(6,7)9-2,67-41-39-57-25-14-16-29-61(57)53-67)75-37-22-31-59-27-18-20-35-72(59)75/h8,10-55,77,82H,9H2,1-7H3/b23-8-,65-55+. The van der Waals surface area contributed by atoms with E-state index in [1.807, 2.05) is 0 Å². The van der Waals surface area contributed by atoms with Gasteiger partial charge in [-0.3, -0.25) is 0 Å². The van der Waals surface area contributed by atoms with E-state index < -0.39 is 10.8 Å². The van der Waals surface area contributed by atoms with Crippen LogP contribution in [0.3, 0.4) is 0 Å². The molecule has 0 fully saturated rings. The van der Waals surface area contributed by atoms with E-state index >= 15 is 0 Å². The highest BCUT2D eigenvalue weighted by molar-refractivity contribution is 5.93. The fraction of sp³-hybridized carbons (Fsp3) is 0.160. The molecule has 0 bridgehead atoms. The fourth-order valence-corrected chi connectivity index (χ4v) is 13.9. The number of hydrogen-bond donors (Lipinski definition) is 1.